The van der Waals surface area contributed by atoms with Gasteiger partial charge in [-0.1, -0.05) is 75.4 Å². The lowest BCUT2D eigenvalue weighted by atomic mass is 9.82. The van der Waals surface area contributed by atoms with Gasteiger partial charge in [-0.25, -0.2) is 0 Å². The SMILES string of the molecule is CCCCCO.Nc1ccc(-c2ccccc2)cc1C1CCCCC1. The zero-order valence-corrected chi connectivity index (χ0v) is 15.6. The highest BCUT2D eigenvalue weighted by molar-refractivity contribution is 5.68. The molecule has 0 bridgehead atoms. The van der Waals surface area contributed by atoms with Gasteiger partial charge in [-0.2, -0.15) is 0 Å². The minimum absolute atomic E-state index is 0.355. The van der Waals surface area contributed by atoms with Crippen molar-refractivity contribution in [3.05, 3.63) is 54.1 Å². The van der Waals surface area contributed by atoms with E-state index >= 15 is 0 Å². The third-order valence-corrected chi connectivity index (χ3v) is 5.00. The van der Waals surface area contributed by atoms with Gasteiger partial charge in [-0.05, 0) is 54.0 Å². The molecule has 0 heterocycles. The third-order valence-electron chi connectivity index (χ3n) is 5.00. The van der Waals surface area contributed by atoms with Gasteiger partial charge in [-0.3, -0.25) is 0 Å². The molecule has 0 atom stereocenters. The van der Waals surface area contributed by atoms with Crippen molar-refractivity contribution < 1.29 is 5.11 Å². The molecule has 0 saturated heterocycles. The number of hydrogen-bond donors (Lipinski definition) is 2. The van der Waals surface area contributed by atoms with E-state index in [-0.39, 0.29) is 0 Å². The van der Waals surface area contributed by atoms with Crippen LogP contribution in [0.5, 0.6) is 0 Å². The molecule has 3 rings (SSSR count). The summed E-state index contributed by atoms with van der Waals surface area (Å²) in [6.07, 6.45) is 9.99. The molecule has 3 N–H and O–H groups in total. The fraction of sp³-hybridized carbons (Fsp3) is 0.478. The molecule has 1 fully saturated rings. The van der Waals surface area contributed by atoms with E-state index in [1.165, 1.54) is 55.2 Å². The highest BCUT2D eigenvalue weighted by atomic mass is 16.2. The number of nitrogens with two attached hydrogens (primary N) is 1. The van der Waals surface area contributed by atoms with Crippen molar-refractivity contribution in [2.24, 2.45) is 0 Å². The lowest BCUT2D eigenvalue weighted by Crippen LogP contribution is -2.07. The van der Waals surface area contributed by atoms with Crippen molar-refractivity contribution in [3.8, 4) is 11.1 Å². The molecule has 2 aromatic carbocycles. The van der Waals surface area contributed by atoms with Crippen molar-refractivity contribution in [2.75, 3.05) is 12.3 Å². The molecule has 1 saturated carbocycles. The number of anilines is 1. The van der Waals surface area contributed by atoms with Crippen molar-refractivity contribution >= 4 is 5.69 Å². The number of unbranched alkanes of at least 4 members (excludes halogenated alkanes) is 2. The standard InChI is InChI=1S/C18H21N.C5H12O/c19-18-12-11-16(14-7-3-1-4-8-14)13-17(18)15-9-5-2-6-10-15;1-2-3-4-5-6/h1,3-4,7-8,11-13,15H,2,5-6,9-10,19H2;6H,2-5H2,1H3. The van der Waals surface area contributed by atoms with Gasteiger partial charge in [0.25, 0.3) is 0 Å². The third kappa shape index (κ3) is 6.21. The highest BCUT2D eigenvalue weighted by Gasteiger charge is 2.18. The first kappa shape index (κ1) is 19.5. The van der Waals surface area contributed by atoms with E-state index in [9.17, 15) is 0 Å². The molecule has 1 aliphatic carbocycles. The Labute approximate surface area is 153 Å². The van der Waals surface area contributed by atoms with Crippen LogP contribution in [-0.2, 0) is 0 Å². The summed E-state index contributed by atoms with van der Waals surface area (Å²) in [7, 11) is 0. The average Bonchev–Trinajstić information content (AvgIpc) is 2.68. The maximum atomic E-state index is 8.20. The molecule has 0 spiro atoms. The van der Waals surface area contributed by atoms with Gasteiger partial charge in [0.1, 0.15) is 0 Å². The molecular weight excluding hydrogens is 306 g/mol. The lowest BCUT2D eigenvalue weighted by Gasteiger charge is -2.24. The summed E-state index contributed by atoms with van der Waals surface area (Å²) in [6, 6.07) is 17.1. The fourth-order valence-corrected chi connectivity index (χ4v) is 3.51. The Kier molecular flexibility index (Phi) is 8.54. The van der Waals surface area contributed by atoms with Crippen LogP contribution >= 0.6 is 0 Å². The quantitative estimate of drug-likeness (QED) is 0.507. The Morgan fingerprint density at radius 1 is 0.920 bits per heavy atom. The summed E-state index contributed by atoms with van der Waals surface area (Å²) >= 11 is 0. The summed E-state index contributed by atoms with van der Waals surface area (Å²) in [6.45, 7) is 2.48. The largest absolute Gasteiger partial charge is 0.398 e. The van der Waals surface area contributed by atoms with E-state index in [0.29, 0.717) is 12.5 Å². The highest BCUT2D eigenvalue weighted by Crippen LogP contribution is 2.37. The molecular formula is C23H33NO. The maximum absolute atomic E-state index is 8.20. The average molecular weight is 340 g/mol. The van der Waals surface area contributed by atoms with Gasteiger partial charge in [0, 0.05) is 12.3 Å². The topological polar surface area (TPSA) is 46.2 Å². The van der Waals surface area contributed by atoms with E-state index in [1.807, 2.05) is 0 Å². The van der Waals surface area contributed by atoms with E-state index in [0.717, 1.165) is 18.5 Å². The first-order chi connectivity index (χ1) is 12.3. The molecule has 0 amide bonds. The van der Waals surface area contributed by atoms with Gasteiger partial charge in [0.05, 0.1) is 0 Å². The van der Waals surface area contributed by atoms with E-state index in [4.69, 9.17) is 10.8 Å². The van der Waals surface area contributed by atoms with Gasteiger partial charge in [0.15, 0.2) is 0 Å². The Bertz CT molecular complexity index is 599. The smallest absolute Gasteiger partial charge is 0.0431 e. The minimum atomic E-state index is 0.355. The molecule has 2 aromatic rings. The number of aliphatic hydroxyl groups is 1. The second-order valence-corrected chi connectivity index (χ2v) is 6.98. The Morgan fingerprint density at radius 3 is 2.24 bits per heavy atom. The van der Waals surface area contributed by atoms with Gasteiger partial charge in [0.2, 0.25) is 0 Å². The van der Waals surface area contributed by atoms with Gasteiger partial charge >= 0.3 is 0 Å². The summed E-state index contributed by atoms with van der Waals surface area (Å²) in [5.74, 6) is 0.664. The normalized spacial score (nSPS) is 14.6. The molecule has 2 nitrogen and oxygen atoms in total. The Hall–Kier alpha value is -1.80. The summed E-state index contributed by atoms with van der Waals surface area (Å²) in [5, 5.41) is 8.20. The monoisotopic (exact) mass is 339 g/mol. The second kappa shape index (κ2) is 10.9. The van der Waals surface area contributed by atoms with E-state index < -0.39 is 0 Å². The van der Waals surface area contributed by atoms with Crippen molar-refractivity contribution in [1.82, 2.24) is 0 Å². The molecule has 25 heavy (non-hydrogen) atoms. The van der Waals surface area contributed by atoms with Crippen LogP contribution in [0.15, 0.2) is 48.5 Å². The predicted molar refractivity (Wildman–Crippen MR) is 109 cm³/mol. The molecule has 1 aliphatic rings. The predicted octanol–water partition coefficient (Wildman–Crippen LogP) is 6.15. The van der Waals surface area contributed by atoms with E-state index in [1.54, 1.807) is 0 Å². The number of aliphatic hydroxyl groups excluding tert-OH is 1. The fourth-order valence-electron chi connectivity index (χ4n) is 3.51. The first-order valence-electron chi connectivity index (χ1n) is 9.82. The second-order valence-electron chi connectivity index (χ2n) is 6.98. The molecule has 0 unspecified atom stereocenters. The number of rotatable bonds is 5. The van der Waals surface area contributed by atoms with Crippen molar-refractivity contribution in [1.29, 1.82) is 0 Å². The van der Waals surface area contributed by atoms with Crippen LogP contribution in [0.25, 0.3) is 11.1 Å². The summed E-state index contributed by atoms with van der Waals surface area (Å²) in [4.78, 5) is 0. The lowest BCUT2D eigenvalue weighted by molar-refractivity contribution is 0.284. The number of nitrogen functional groups attached to an aromatic ring is 1. The van der Waals surface area contributed by atoms with Crippen LogP contribution in [0.2, 0.25) is 0 Å². The zero-order valence-electron chi connectivity index (χ0n) is 15.6. The Balaban J connectivity index is 0.000000326. The van der Waals surface area contributed by atoms with Crippen LogP contribution < -0.4 is 5.73 Å². The molecule has 136 valence electrons. The minimum Gasteiger partial charge on any atom is -0.398 e. The van der Waals surface area contributed by atoms with Crippen LogP contribution in [0.3, 0.4) is 0 Å². The van der Waals surface area contributed by atoms with Crippen LogP contribution in [0, 0.1) is 0 Å². The number of hydrogen-bond acceptors (Lipinski definition) is 2. The van der Waals surface area contributed by atoms with Crippen molar-refractivity contribution in [2.45, 2.75) is 64.2 Å². The zero-order chi connectivity index (χ0) is 17.9. The molecule has 0 aromatic heterocycles. The van der Waals surface area contributed by atoms with Gasteiger partial charge < -0.3 is 10.8 Å². The summed E-state index contributed by atoms with van der Waals surface area (Å²) < 4.78 is 0. The van der Waals surface area contributed by atoms with Crippen LogP contribution in [0.1, 0.15) is 69.8 Å². The van der Waals surface area contributed by atoms with Gasteiger partial charge in [-0.15, -0.1) is 0 Å². The number of benzene rings is 2. The van der Waals surface area contributed by atoms with Crippen LogP contribution in [0.4, 0.5) is 5.69 Å². The molecule has 0 aliphatic heterocycles. The maximum Gasteiger partial charge on any atom is 0.0431 e. The van der Waals surface area contributed by atoms with E-state index in [2.05, 4.69) is 55.5 Å². The summed E-state index contributed by atoms with van der Waals surface area (Å²) in [5.41, 5.74) is 11.1. The van der Waals surface area contributed by atoms with Crippen molar-refractivity contribution in [3.63, 3.8) is 0 Å². The molecule has 0 radical (unpaired) electrons. The Morgan fingerprint density at radius 2 is 1.64 bits per heavy atom. The molecule has 2 heteroatoms. The van der Waals surface area contributed by atoms with Crippen LogP contribution in [-0.4, -0.2) is 11.7 Å². The first-order valence-corrected chi connectivity index (χ1v) is 9.82.